The van der Waals surface area contributed by atoms with Crippen LogP contribution < -0.4 is 42.3 Å². The van der Waals surface area contributed by atoms with Gasteiger partial charge in [-0.2, -0.15) is 0 Å². The van der Waals surface area contributed by atoms with Gasteiger partial charge in [0.05, 0.1) is 17.7 Å². The van der Waals surface area contributed by atoms with E-state index in [1.807, 2.05) is 18.2 Å². The number of nitrogens with one attached hydrogen (secondary N) is 8. The van der Waals surface area contributed by atoms with Gasteiger partial charge >= 0.3 is 24.0 Å². The van der Waals surface area contributed by atoms with Crippen molar-refractivity contribution in [2.24, 2.45) is 11.0 Å². The number of pyridine rings is 2. The van der Waals surface area contributed by atoms with Gasteiger partial charge in [0.15, 0.2) is 18.2 Å². The number of rotatable bonds is 21. The highest BCUT2D eigenvalue weighted by Crippen LogP contribution is 2.30. The second-order valence-electron chi connectivity index (χ2n) is 20.4. The molecule has 8 rings (SSSR count). The Kier molecular flexibility index (Phi) is 17.5. The van der Waals surface area contributed by atoms with Crippen LogP contribution in [0.3, 0.4) is 0 Å². The molecule has 7 amide bonds. The van der Waals surface area contributed by atoms with Crippen LogP contribution in [0.1, 0.15) is 100 Å². The SMILES string of the molecule is CC1=N[NH+](C2CCc3ccc(CCCNC(=O)N4CCC(O)(C(NC(=O)CNC(=O)C5CC5)C(=O)O)CC4)nc3N2)[N-]N1CCC(=O)NC(C(=O)O)C1(O)CCN(C(=O)NCCCc2ccc3c(n2)NCCC3)CC1. The van der Waals surface area contributed by atoms with Gasteiger partial charge in [0.2, 0.25) is 17.7 Å². The van der Waals surface area contributed by atoms with E-state index >= 15 is 0 Å². The highest BCUT2D eigenvalue weighted by atomic mass is 16.4. The summed E-state index contributed by atoms with van der Waals surface area (Å²) < 4.78 is 0. The minimum Gasteiger partial charge on any atom is -0.480 e. The smallest absolute Gasteiger partial charge is 0.329 e. The largest absolute Gasteiger partial charge is 0.480 e. The lowest BCUT2D eigenvalue weighted by Crippen LogP contribution is -3.08. The van der Waals surface area contributed by atoms with Gasteiger partial charge in [0.25, 0.3) is 0 Å². The van der Waals surface area contributed by atoms with Gasteiger partial charge in [0, 0.05) is 82.5 Å². The fourth-order valence-electron chi connectivity index (χ4n) is 10.1. The number of carboxylic acid groups (broad SMARTS) is 2. The number of anilines is 2. The van der Waals surface area contributed by atoms with Gasteiger partial charge in [-0.05, 0) is 114 Å². The molecule has 5 aliphatic heterocycles. The first-order valence-corrected chi connectivity index (χ1v) is 26.2. The van der Waals surface area contributed by atoms with Crippen molar-refractivity contribution >= 4 is 59.2 Å². The van der Waals surface area contributed by atoms with E-state index < -0.39 is 53.6 Å². The van der Waals surface area contributed by atoms with Crippen molar-refractivity contribution in [3.05, 3.63) is 52.3 Å². The van der Waals surface area contributed by atoms with E-state index in [9.17, 15) is 54.0 Å². The van der Waals surface area contributed by atoms with Crippen LogP contribution in [0.4, 0.5) is 21.2 Å². The van der Waals surface area contributed by atoms with Crippen LogP contribution in [0.5, 0.6) is 0 Å². The molecule has 7 heterocycles. The summed E-state index contributed by atoms with van der Waals surface area (Å²) in [7, 11) is 0. The topological polar surface area (TPSA) is 351 Å². The molecule has 2 aromatic rings. The number of aliphatic carboxylic acids is 2. The Morgan fingerprint density at radius 3 is 1.85 bits per heavy atom. The Morgan fingerprint density at radius 1 is 0.747 bits per heavy atom. The number of urea groups is 2. The predicted octanol–water partition coefficient (Wildman–Crippen LogP) is -1.05. The van der Waals surface area contributed by atoms with Gasteiger partial charge in [0.1, 0.15) is 17.5 Å². The van der Waals surface area contributed by atoms with E-state index in [1.54, 1.807) is 16.8 Å². The molecule has 0 aromatic carbocycles. The van der Waals surface area contributed by atoms with Crippen molar-refractivity contribution < 1.29 is 59.1 Å². The van der Waals surface area contributed by atoms with Gasteiger partial charge < -0.3 is 78.0 Å². The summed E-state index contributed by atoms with van der Waals surface area (Å²) in [6, 6.07) is 4.22. The maximum atomic E-state index is 13.2. The maximum Gasteiger partial charge on any atom is 0.329 e. The molecule has 26 nitrogen and oxygen atoms in total. The number of carbonyl (C=O) groups excluding carboxylic acids is 5. The molecule has 408 valence electrons. The zero-order chi connectivity index (χ0) is 53.3. The lowest BCUT2D eigenvalue weighted by atomic mass is 9.84. The number of fused-ring (bicyclic) bond motifs is 2. The van der Waals surface area contributed by atoms with Crippen LogP contribution in [-0.4, -0.2) is 181 Å². The molecule has 0 spiro atoms. The van der Waals surface area contributed by atoms with E-state index in [-0.39, 0.29) is 94.9 Å². The number of carbonyl (C=O) groups is 7. The Bertz CT molecular complexity index is 2480. The number of hydrogen-bond donors (Lipinski definition) is 12. The maximum absolute atomic E-state index is 13.2. The molecule has 1 saturated carbocycles. The number of amidine groups is 1. The second kappa shape index (κ2) is 24.2. The molecule has 3 fully saturated rings. The highest BCUT2D eigenvalue weighted by molar-refractivity contribution is 5.90. The Labute approximate surface area is 434 Å². The first kappa shape index (κ1) is 54.4. The minimum absolute atomic E-state index is 0.0359. The number of aryl methyl sites for hydroxylation is 4. The molecule has 0 radical (unpaired) electrons. The van der Waals surface area contributed by atoms with Crippen molar-refractivity contribution in [2.45, 2.75) is 133 Å². The third-order valence-electron chi connectivity index (χ3n) is 14.9. The average Bonchev–Trinajstić information content (AvgIpc) is 4.19. The lowest BCUT2D eigenvalue weighted by molar-refractivity contribution is -0.893. The van der Waals surface area contributed by atoms with Crippen LogP contribution in [-0.2, 0) is 49.7 Å². The number of nitrogens with zero attached hydrogens (tertiary/aromatic N) is 7. The molecule has 2 saturated heterocycles. The van der Waals surface area contributed by atoms with Crippen LogP contribution in [0.25, 0.3) is 5.53 Å². The molecule has 2 aromatic heterocycles. The fourth-order valence-corrected chi connectivity index (χ4v) is 10.1. The van der Waals surface area contributed by atoms with Gasteiger partial charge in [-0.1, -0.05) is 17.2 Å². The number of carboxylic acids is 2. The molecule has 4 atom stereocenters. The molecule has 6 aliphatic rings. The summed E-state index contributed by atoms with van der Waals surface area (Å²) >= 11 is 0. The average molecular weight is 1050 g/mol. The van der Waals surface area contributed by atoms with Crippen molar-refractivity contribution in [2.75, 3.05) is 69.5 Å². The quantitative estimate of drug-likeness (QED) is 0.0664. The summed E-state index contributed by atoms with van der Waals surface area (Å²) in [5, 5.41) is 69.3. The molecular formula is C49H71N15O11. The predicted molar refractivity (Wildman–Crippen MR) is 270 cm³/mol. The van der Waals surface area contributed by atoms with Crippen LogP contribution in [0.15, 0.2) is 29.4 Å². The Balaban J connectivity index is 0.714. The minimum atomic E-state index is -1.79. The number of likely N-dealkylation sites (tertiary alicyclic amines) is 2. The fraction of sp³-hybridized carbons (Fsp3) is 0.633. The number of piperidine rings is 2. The van der Waals surface area contributed by atoms with E-state index in [2.05, 4.69) is 53.9 Å². The molecule has 0 bridgehead atoms. The van der Waals surface area contributed by atoms with Crippen LogP contribution in [0.2, 0.25) is 0 Å². The third kappa shape index (κ3) is 14.1. The number of aliphatic hydroxyl groups is 2. The molecule has 1 aliphatic carbocycles. The van der Waals surface area contributed by atoms with Crippen LogP contribution in [0, 0.1) is 5.92 Å². The molecule has 4 unspecified atom stereocenters. The summed E-state index contributed by atoms with van der Waals surface area (Å²) in [5.74, 6) is -2.29. The van der Waals surface area contributed by atoms with Crippen molar-refractivity contribution in [1.29, 1.82) is 0 Å². The van der Waals surface area contributed by atoms with E-state index in [1.165, 1.54) is 10.5 Å². The summed E-state index contributed by atoms with van der Waals surface area (Å²) in [6.07, 6.45) is 6.90. The summed E-state index contributed by atoms with van der Waals surface area (Å²) in [5.41, 5.74) is 5.11. The van der Waals surface area contributed by atoms with E-state index in [0.717, 1.165) is 55.0 Å². The van der Waals surface area contributed by atoms with Gasteiger partial charge in [-0.3, -0.25) is 14.4 Å². The molecule has 26 heteroatoms. The van der Waals surface area contributed by atoms with Crippen molar-refractivity contribution in [1.82, 2.24) is 51.4 Å². The monoisotopic (exact) mass is 1050 g/mol. The number of aromatic nitrogens is 2. The van der Waals surface area contributed by atoms with Crippen LogP contribution >= 0.6 is 0 Å². The standard InChI is InChI=1S/C49H71N15O11/c1-30-59-64(60-63(30)24-16-37(65)57-39(44(68)69)48(74)17-25-61(26-18-48)46(72)51-22-3-6-34-13-10-31-5-2-21-50-41(31)54-34)36-15-12-32-11-14-35(55-42(32)56-36)7-4-23-52-47(73)62-27-19-49(75,20-28-62)40(45(70)71)58-38(66)29-53-43(67)33-8-9-33/h10-11,13-14,33,36,39-40,64,74-75H,2-9,12,15-29H2,1H3,(H,50,54)(H,51,72)(H,52,73)(H,53,67)(H,55,56)(H,57,65)(H,58,66)(H,68,69)(H,70,71). The normalized spacial score (nSPS) is 21.4. The summed E-state index contributed by atoms with van der Waals surface area (Å²) in [4.78, 5) is 101. The first-order valence-electron chi connectivity index (χ1n) is 26.2. The number of hydrogen-bond acceptors (Lipinski definition) is 15. The Hall–Kier alpha value is -6.90. The first-order chi connectivity index (χ1) is 36.0. The lowest BCUT2D eigenvalue weighted by Gasteiger charge is -2.41. The number of quaternary nitrogens is 1. The highest BCUT2D eigenvalue weighted by Gasteiger charge is 2.47. The molecular weight excluding hydrogens is 975 g/mol. The zero-order valence-electron chi connectivity index (χ0n) is 42.4. The third-order valence-corrected chi connectivity index (χ3v) is 14.9. The van der Waals surface area contributed by atoms with E-state index in [4.69, 9.17) is 9.97 Å². The zero-order valence-corrected chi connectivity index (χ0v) is 42.4. The number of amides is 7. The second-order valence-corrected chi connectivity index (χ2v) is 20.4. The molecule has 12 N–H and O–H groups in total. The van der Waals surface area contributed by atoms with E-state index in [0.29, 0.717) is 68.4 Å². The van der Waals surface area contributed by atoms with Crippen molar-refractivity contribution in [3.8, 4) is 0 Å². The molecule has 75 heavy (non-hydrogen) atoms. The van der Waals surface area contributed by atoms with Gasteiger partial charge in [-0.15, -0.1) is 0 Å². The summed E-state index contributed by atoms with van der Waals surface area (Å²) in [6.45, 7) is 3.52. The van der Waals surface area contributed by atoms with Crippen molar-refractivity contribution in [3.63, 3.8) is 0 Å². The Morgan fingerprint density at radius 2 is 1.29 bits per heavy atom. The van der Waals surface area contributed by atoms with Gasteiger partial charge in [-0.25, -0.2) is 34.3 Å².